The summed E-state index contributed by atoms with van der Waals surface area (Å²) in [5.74, 6) is 1.00. The highest BCUT2D eigenvalue weighted by atomic mass is 16.5. The predicted molar refractivity (Wildman–Crippen MR) is 134 cm³/mol. The number of nitrogens with one attached hydrogen (secondary N) is 3. The molecule has 0 fully saturated rings. The molecule has 7 nitrogen and oxygen atoms in total. The van der Waals surface area contributed by atoms with Gasteiger partial charge in [0, 0.05) is 23.0 Å². The van der Waals surface area contributed by atoms with Crippen molar-refractivity contribution < 1.29 is 18.7 Å². The van der Waals surface area contributed by atoms with Crippen LogP contribution in [0.15, 0.2) is 71.3 Å². The van der Waals surface area contributed by atoms with Crippen molar-refractivity contribution in [1.29, 1.82) is 0 Å². The predicted octanol–water partition coefficient (Wildman–Crippen LogP) is 5.61. The maximum absolute atomic E-state index is 12.4. The third-order valence-electron chi connectivity index (χ3n) is 5.22. The third-order valence-corrected chi connectivity index (χ3v) is 5.22. The summed E-state index contributed by atoms with van der Waals surface area (Å²) in [6.45, 7) is 3.29. The summed E-state index contributed by atoms with van der Waals surface area (Å²) in [4.78, 5) is 24.8. The number of furan rings is 1. The van der Waals surface area contributed by atoms with E-state index in [2.05, 4.69) is 22.9 Å². The van der Waals surface area contributed by atoms with Crippen LogP contribution in [-0.4, -0.2) is 25.0 Å². The van der Waals surface area contributed by atoms with Crippen LogP contribution in [0.2, 0.25) is 0 Å². The van der Waals surface area contributed by atoms with Gasteiger partial charge in [0.05, 0.1) is 26.0 Å². The minimum atomic E-state index is -0.243. The zero-order chi connectivity index (χ0) is 24.0. The Hall–Kier alpha value is -3.74. The average Bonchev–Trinajstić information content (AvgIpc) is 3.38. The van der Waals surface area contributed by atoms with Crippen molar-refractivity contribution in [1.82, 2.24) is 5.32 Å². The lowest BCUT2D eigenvalue weighted by atomic mass is 10.2. The van der Waals surface area contributed by atoms with E-state index in [0.717, 1.165) is 17.9 Å². The molecule has 0 aliphatic heterocycles. The molecule has 0 saturated carbocycles. The van der Waals surface area contributed by atoms with Gasteiger partial charge >= 0.3 is 0 Å². The van der Waals surface area contributed by atoms with E-state index in [4.69, 9.17) is 9.15 Å². The third kappa shape index (κ3) is 8.65. The van der Waals surface area contributed by atoms with Crippen molar-refractivity contribution in [3.63, 3.8) is 0 Å². The van der Waals surface area contributed by atoms with Gasteiger partial charge in [0.2, 0.25) is 5.91 Å². The standard InChI is InChI=1S/C27H33N3O4/c1-2-3-4-5-6-15-33-24-13-8-11-22(18-24)28-20-26(31)30-23-12-7-10-21(17-23)27(32)29-19-25-14-9-16-34-25/h7-14,16-18,28H,2-6,15,19-20H2,1H3,(H,29,32)(H,30,31). The maximum atomic E-state index is 12.4. The Morgan fingerprint density at radius 3 is 2.56 bits per heavy atom. The smallest absolute Gasteiger partial charge is 0.251 e. The first-order valence-corrected chi connectivity index (χ1v) is 11.8. The number of rotatable bonds is 14. The molecule has 2 amide bonds. The van der Waals surface area contributed by atoms with Crippen LogP contribution in [0.1, 0.15) is 55.1 Å². The lowest BCUT2D eigenvalue weighted by molar-refractivity contribution is -0.114. The number of carbonyl (C=O) groups excluding carboxylic acids is 2. The van der Waals surface area contributed by atoms with Gasteiger partial charge in [-0.1, -0.05) is 44.7 Å². The maximum Gasteiger partial charge on any atom is 0.251 e. The second-order valence-electron chi connectivity index (χ2n) is 8.04. The highest BCUT2D eigenvalue weighted by Gasteiger charge is 2.09. The van der Waals surface area contributed by atoms with Crippen LogP contribution < -0.4 is 20.7 Å². The molecule has 0 unspecified atom stereocenters. The molecule has 3 aromatic rings. The normalized spacial score (nSPS) is 10.5. The summed E-state index contributed by atoms with van der Waals surface area (Å²) in [6, 6.07) is 18.0. The van der Waals surface area contributed by atoms with E-state index in [9.17, 15) is 9.59 Å². The molecule has 3 rings (SSSR count). The van der Waals surface area contributed by atoms with E-state index in [1.807, 2.05) is 24.3 Å². The van der Waals surface area contributed by atoms with Crippen LogP contribution in [0.4, 0.5) is 11.4 Å². The second-order valence-corrected chi connectivity index (χ2v) is 8.04. The summed E-state index contributed by atoms with van der Waals surface area (Å²) in [5, 5.41) is 8.73. The number of amides is 2. The fourth-order valence-electron chi connectivity index (χ4n) is 3.40. The van der Waals surface area contributed by atoms with Gasteiger partial charge in [0.25, 0.3) is 5.91 Å². The molecule has 0 atom stereocenters. The molecule has 1 heterocycles. The van der Waals surface area contributed by atoms with Gasteiger partial charge in [0.1, 0.15) is 11.5 Å². The Balaban J connectivity index is 1.42. The Morgan fingerprint density at radius 1 is 0.912 bits per heavy atom. The molecule has 0 radical (unpaired) electrons. The van der Waals surface area contributed by atoms with Crippen molar-refractivity contribution >= 4 is 23.2 Å². The monoisotopic (exact) mass is 463 g/mol. The first-order valence-electron chi connectivity index (χ1n) is 11.8. The van der Waals surface area contributed by atoms with Gasteiger partial charge < -0.3 is 25.1 Å². The fraction of sp³-hybridized carbons (Fsp3) is 0.333. The molecule has 1 aromatic heterocycles. The number of benzene rings is 2. The van der Waals surface area contributed by atoms with Crippen molar-refractivity contribution in [3.8, 4) is 5.75 Å². The van der Waals surface area contributed by atoms with E-state index < -0.39 is 0 Å². The second kappa shape index (κ2) is 13.7. The quantitative estimate of drug-likeness (QED) is 0.270. The Morgan fingerprint density at radius 2 is 1.74 bits per heavy atom. The highest BCUT2D eigenvalue weighted by molar-refractivity contribution is 5.98. The van der Waals surface area contributed by atoms with E-state index in [1.165, 1.54) is 25.7 Å². The molecule has 2 aromatic carbocycles. The molecule has 0 aliphatic rings. The van der Waals surface area contributed by atoms with Crippen molar-refractivity contribution in [3.05, 3.63) is 78.3 Å². The molecule has 3 N–H and O–H groups in total. The van der Waals surface area contributed by atoms with Gasteiger partial charge in [-0.15, -0.1) is 0 Å². The Kier molecular flexibility index (Phi) is 10.1. The number of anilines is 2. The molecule has 0 aliphatic carbocycles. The van der Waals surface area contributed by atoms with E-state index in [1.54, 1.807) is 42.7 Å². The van der Waals surface area contributed by atoms with Crippen LogP contribution >= 0.6 is 0 Å². The topological polar surface area (TPSA) is 92.6 Å². The first kappa shape index (κ1) is 24.9. The Labute approximate surface area is 200 Å². The number of carbonyl (C=O) groups is 2. The average molecular weight is 464 g/mol. The molecular formula is C27H33N3O4. The van der Waals surface area contributed by atoms with E-state index in [0.29, 0.717) is 30.2 Å². The number of hydrogen-bond donors (Lipinski definition) is 3. The Bertz CT molecular complexity index is 1030. The number of unbranched alkanes of at least 4 members (excludes halogenated alkanes) is 4. The van der Waals surface area contributed by atoms with Crippen LogP contribution in [0.5, 0.6) is 5.75 Å². The van der Waals surface area contributed by atoms with Gasteiger partial charge in [-0.25, -0.2) is 0 Å². The number of ether oxygens (including phenoxy) is 1. The highest BCUT2D eigenvalue weighted by Crippen LogP contribution is 2.18. The summed E-state index contributed by atoms with van der Waals surface area (Å²) in [7, 11) is 0. The minimum absolute atomic E-state index is 0.0926. The molecule has 0 bridgehead atoms. The number of hydrogen-bond acceptors (Lipinski definition) is 5. The van der Waals surface area contributed by atoms with Crippen LogP contribution in [0, 0.1) is 0 Å². The van der Waals surface area contributed by atoms with Crippen LogP contribution in [0.25, 0.3) is 0 Å². The first-order chi connectivity index (χ1) is 16.6. The van der Waals surface area contributed by atoms with Crippen molar-refractivity contribution in [2.75, 3.05) is 23.8 Å². The summed E-state index contributed by atoms with van der Waals surface area (Å²) >= 11 is 0. The largest absolute Gasteiger partial charge is 0.494 e. The minimum Gasteiger partial charge on any atom is -0.494 e. The molecule has 0 spiro atoms. The van der Waals surface area contributed by atoms with Crippen molar-refractivity contribution in [2.24, 2.45) is 0 Å². The molecule has 7 heteroatoms. The molecule has 0 saturated heterocycles. The summed E-state index contributed by atoms with van der Waals surface area (Å²) < 4.78 is 11.0. The van der Waals surface area contributed by atoms with Gasteiger partial charge in [-0.05, 0) is 48.9 Å². The molecule has 180 valence electrons. The SMILES string of the molecule is CCCCCCCOc1cccc(NCC(=O)Nc2cccc(C(=O)NCc3ccco3)c2)c1. The zero-order valence-electron chi connectivity index (χ0n) is 19.6. The van der Waals surface area contributed by atoms with E-state index >= 15 is 0 Å². The lowest BCUT2D eigenvalue weighted by Gasteiger charge is -2.11. The molecular weight excluding hydrogens is 430 g/mol. The zero-order valence-corrected chi connectivity index (χ0v) is 19.6. The van der Waals surface area contributed by atoms with Gasteiger partial charge in [0.15, 0.2) is 0 Å². The lowest BCUT2D eigenvalue weighted by Crippen LogP contribution is -2.24. The fourth-order valence-corrected chi connectivity index (χ4v) is 3.40. The van der Waals surface area contributed by atoms with E-state index in [-0.39, 0.29) is 18.4 Å². The van der Waals surface area contributed by atoms with Crippen LogP contribution in [0.3, 0.4) is 0 Å². The van der Waals surface area contributed by atoms with Crippen molar-refractivity contribution in [2.45, 2.75) is 45.6 Å². The van der Waals surface area contributed by atoms with Gasteiger partial charge in [-0.3, -0.25) is 9.59 Å². The van der Waals surface area contributed by atoms with Gasteiger partial charge in [-0.2, -0.15) is 0 Å². The summed E-state index contributed by atoms with van der Waals surface area (Å²) in [6.07, 6.45) is 7.53. The summed E-state index contributed by atoms with van der Waals surface area (Å²) in [5.41, 5.74) is 1.82. The van der Waals surface area contributed by atoms with Crippen LogP contribution in [-0.2, 0) is 11.3 Å². The molecule has 34 heavy (non-hydrogen) atoms.